The Morgan fingerprint density at radius 3 is 3.17 bits per heavy atom. The Balaban J connectivity index is 1.62. The van der Waals surface area contributed by atoms with Gasteiger partial charge < -0.3 is 5.32 Å². The molecule has 4 nitrogen and oxygen atoms in total. The SMILES string of the molecule is Brc1ccc2c(c1)CCC(NCc1ncn[nH]1)C2. The average molecular weight is 307 g/mol. The van der Waals surface area contributed by atoms with Gasteiger partial charge >= 0.3 is 0 Å². The number of rotatable bonds is 3. The molecule has 1 unspecified atom stereocenters. The second-order valence-corrected chi connectivity index (χ2v) is 5.58. The molecule has 0 fully saturated rings. The number of halogens is 1. The molecule has 0 amide bonds. The van der Waals surface area contributed by atoms with Gasteiger partial charge in [0.2, 0.25) is 0 Å². The van der Waals surface area contributed by atoms with Crippen molar-refractivity contribution in [2.75, 3.05) is 0 Å². The van der Waals surface area contributed by atoms with Crippen molar-refractivity contribution < 1.29 is 0 Å². The molecule has 2 N–H and O–H groups in total. The Hall–Kier alpha value is -1.20. The van der Waals surface area contributed by atoms with Crippen molar-refractivity contribution in [2.24, 2.45) is 0 Å². The summed E-state index contributed by atoms with van der Waals surface area (Å²) in [6.45, 7) is 0.760. The van der Waals surface area contributed by atoms with Gasteiger partial charge in [0.25, 0.3) is 0 Å². The number of H-pyrrole nitrogens is 1. The maximum Gasteiger partial charge on any atom is 0.138 e. The quantitative estimate of drug-likeness (QED) is 0.914. The van der Waals surface area contributed by atoms with Gasteiger partial charge in [-0.1, -0.05) is 22.0 Å². The molecule has 0 aliphatic heterocycles. The minimum atomic E-state index is 0.531. The lowest BCUT2D eigenvalue weighted by molar-refractivity contribution is 0.451. The zero-order valence-electron chi connectivity index (χ0n) is 9.99. The maximum atomic E-state index is 4.12. The zero-order valence-corrected chi connectivity index (χ0v) is 11.6. The number of nitrogens with zero attached hydrogens (tertiary/aromatic N) is 2. The van der Waals surface area contributed by atoms with Crippen LogP contribution >= 0.6 is 15.9 Å². The molecule has 1 aromatic heterocycles. The minimum absolute atomic E-state index is 0.531. The molecule has 0 radical (unpaired) electrons. The first-order valence-electron chi connectivity index (χ1n) is 6.16. The highest BCUT2D eigenvalue weighted by Gasteiger charge is 2.18. The van der Waals surface area contributed by atoms with Crippen LogP contribution in [0.3, 0.4) is 0 Å². The third-order valence-electron chi connectivity index (χ3n) is 3.42. The predicted molar refractivity (Wildman–Crippen MR) is 73.2 cm³/mol. The first-order valence-corrected chi connectivity index (χ1v) is 6.95. The second kappa shape index (κ2) is 5.20. The van der Waals surface area contributed by atoms with Crippen molar-refractivity contribution in [3.05, 3.63) is 46.0 Å². The van der Waals surface area contributed by atoms with E-state index in [0.29, 0.717) is 6.04 Å². The summed E-state index contributed by atoms with van der Waals surface area (Å²) < 4.78 is 1.18. The Morgan fingerprint density at radius 1 is 1.39 bits per heavy atom. The van der Waals surface area contributed by atoms with E-state index in [1.807, 2.05) is 0 Å². The van der Waals surface area contributed by atoms with E-state index in [1.165, 1.54) is 22.0 Å². The molecule has 1 heterocycles. The fourth-order valence-corrected chi connectivity index (χ4v) is 2.86. The molecule has 0 saturated carbocycles. The lowest BCUT2D eigenvalue weighted by atomic mass is 9.88. The van der Waals surface area contributed by atoms with E-state index in [9.17, 15) is 0 Å². The van der Waals surface area contributed by atoms with E-state index in [4.69, 9.17) is 0 Å². The number of benzene rings is 1. The third-order valence-corrected chi connectivity index (χ3v) is 3.91. The van der Waals surface area contributed by atoms with Gasteiger partial charge in [-0.3, -0.25) is 5.10 Å². The van der Waals surface area contributed by atoms with E-state index in [2.05, 4.69) is 54.6 Å². The van der Waals surface area contributed by atoms with Crippen molar-refractivity contribution >= 4 is 15.9 Å². The number of aromatic nitrogens is 3. The number of hydrogen-bond donors (Lipinski definition) is 2. The summed E-state index contributed by atoms with van der Waals surface area (Å²) in [5.41, 5.74) is 2.93. The molecule has 1 atom stereocenters. The summed E-state index contributed by atoms with van der Waals surface area (Å²) in [5.74, 6) is 0.900. The standard InChI is InChI=1S/C13H15BrN4/c14-11-3-1-10-6-12(4-2-9(10)5-11)15-7-13-16-8-17-18-13/h1,3,5,8,12,15H,2,4,6-7H2,(H,16,17,18). The number of nitrogens with one attached hydrogen (secondary N) is 2. The van der Waals surface area contributed by atoms with Crippen molar-refractivity contribution in [1.82, 2.24) is 20.5 Å². The second-order valence-electron chi connectivity index (χ2n) is 4.67. The van der Waals surface area contributed by atoms with Crippen molar-refractivity contribution in [1.29, 1.82) is 0 Å². The first kappa shape index (κ1) is 11.9. The van der Waals surface area contributed by atoms with Gasteiger partial charge in [-0.05, 0) is 42.5 Å². The number of hydrogen-bond acceptors (Lipinski definition) is 3. The van der Waals surface area contributed by atoms with E-state index in [1.54, 1.807) is 6.33 Å². The molecule has 1 aliphatic carbocycles. The van der Waals surface area contributed by atoms with Gasteiger partial charge in [0.05, 0.1) is 6.54 Å². The highest BCUT2D eigenvalue weighted by atomic mass is 79.9. The van der Waals surface area contributed by atoms with Crippen LogP contribution in [0.1, 0.15) is 23.4 Å². The van der Waals surface area contributed by atoms with E-state index < -0.39 is 0 Å². The molecule has 1 aromatic carbocycles. The van der Waals surface area contributed by atoms with Gasteiger partial charge in [0, 0.05) is 10.5 Å². The van der Waals surface area contributed by atoms with E-state index in [0.717, 1.165) is 25.2 Å². The van der Waals surface area contributed by atoms with Crippen LogP contribution in [0, 0.1) is 0 Å². The molecular formula is C13H15BrN4. The lowest BCUT2D eigenvalue weighted by Crippen LogP contribution is -2.34. The minimum Gasteiger partial charge on any atom is -0.307 e. The summed E-state index contributed by atoms with van der Waals surface area (Å²) in [6.07, 6.45) is 4.96. The number of fused-ring (bicyclic) bond motifs is 1. The first-order chi connectivity index (χ1) is 8.81. The Labute approximate surface area is 114 Å². The van der Waals surface area contributed by atoms with Crippen LogP contribution in [0.25, 0.3) is 0 Å². The molecule has 18 heavy (non-hydrogen) atoms. The molecule has 0 saturated heterocycles. The summed E-state index contributed by atoms with van der Waals surface area (Å²) in [7, 11) is 0. The van der Waals surface area contributed by atoms with Gasteiger partial charge in [0.15, 0.2) is 0 Å². The highest BCUT2D eigenvalue weighted by molar-refractivity contribution is 9.10. The molecular weight excluding hydrogens is 292 g/mol. The van der Waals surface area contributed by atoms with Crippen LogP contribution < -0.4 is 5.32 Å². The topological polar surface area (TPSA) is 53.6 Å². The molecule has 3 rings (SSSR count). The zero-order chi connectivity index (χ0) is 12.4. The Morgan fingerprint density at radius 2 is 2.33 bits per heavy atom. The Kier molecular flexibility index (Phi) is 3.43. The Bertz CT molecular complexity index is 524. The molecule has 2 aromatic rings. The van der Waals surface area contributed by atoms with Crippen LogP contribution in [0.4, 0.5) is 0 Å². The van der Waals surface area contributed by atoms with Crippen LogP contribution in [-0.4, -0.2) is 21.2 Å². The predicted octanol–water partition coefficient (Wildman–Crippen LogP) is 2.21. The van der Waals surface area contributed by atoms with E-state index >= 15 is 0 Å². The molecule has 0 bridgehead atoms. The van der Waals surface area contributed by atoms with Crippen molar-refractivity contribution in [3.8, 4) is 0 Å². The number of aryl methyl sites for hydroxylation is 1. The fraction of sp³-hybridized carbons (Fsp3) is 0.385. The molecule has 0 spiro atoms. The average Bonchev–Trinajstić information content (AvgIpc) is 2.89. The van der Waals surface area contributed by atoms with Crippen LogP contribution in [0.2, 0.25) is 0 Å². The molecule has 1 aliphatic rings. The summed E-state index contributed by atoms with van der Waals surface area (Å²) in [6, 6.07) is 7.12. The summed E-state index contributed by atoms with van der Waals surface area (Å²) >= 11 is 3.53. The van der Waals surface area contributed by atoms with Crippen LogP contribution in [0.5, 0.6) is 0 Å². The van der Waals surface area contributed by atoms with Gasteiger partial charge in [-0.25, -0.2) is 4.98 Å². The third kappa shape index (κ3) is 2.62. The maximum absolute atomic E-state index is 4.12. The van der Waals surface area contributed by atoms with Crippen molar-refractivity contribution in [3.63, 3.8) is 0 Å². The summed E-state index contributed by atoms with van der Waals surface area (Å²) in [4.78, 5) is 4.12. The monoisotopic (exact) mass is 306 g/mol. The molecule has 5 heteroatoms. The molecule has 94 valence electrons. The van der Waals surface area contributed by atoms with Gasteiger partial charge in [0.1, 0.15) is 12.2 Å². The van der Waals surface area contributed by atoms with Crippen molar-refractivity contribution in [2.45, 2.75) is 31.8 Å². The smallest absolute Gasteiger partial charge is 0.138 e. The van der Waals surface area contributed by atoms with Crippen LogP contribution in [-0.2, 0) is 19.4 Å². The summed E-state index contributed by atoms with van der Waals surface area (Å²) in [5, 5.41) is 10.3. The van der Waals surface area contributed by atoms with Crippen LogP contribution in [0.15, 0.2) is 29.0 Å². The highest BCUT2D eigenvalue weighted by Crippen LogP contribution is 2.24. The largest absolute Gasteiger partial charge is 0.307 e. The van der Waals surface area contributed by atoms with E-state index in [-0.39, 0.29) is 0 Å². The van der Waals surface area contributed by atoms with Gasteiger partial charge in [-0.2, -0.15) is 5.10 Å². The lowest BCUT2D eigenvalue weighted by Gasteiger charge is -2.25. The van der Waals surface area contributed by atoms with Gasteiger partial charge in [-0.15, -0.1) is 0 Å². The normalized spacial score (nSPS) is 18.6. The fourth-order valence-electron chi connectivity index (χ4n) is 2.45. The number of aromatic amines is 1.